The van der Waals surface area contributed by atoms with E-state index in [1.54, 1.807) is 6.07 Å². The van der Waals surface area contributed by atoms with Crippen molar-refractivity contribution in [2.45, 2.75) is 56.7 Å². The van der Waals surface area contributed by atoms with E-state index in [1.807, 2.05) is 0 Å². The van der Waals surface area contributed by atoms with Crippen LogP contribution in [0.4, 0.5) is 16.2 Å². The molecule has 4 rings (SSSR count). The van der Waals surface area contributed by atoms with Crippen LogP contribution in [0.3, 0.4) is 0 Å². The van der Waals surface area contributed by atoms with E-state index in [-0.39, 0.29) is 17.6 Å². The molecule has 2 fully saturated rings. The first-order valence-electron chi connectivity index (χ1n) is 9.88. The first kappa shape index (κ1) is 18.8. The van der Waals surface area contributed by atoms with Crippen molar-refractivity contribution in [1.82, 2.24) is 19.7 Å². The Labute approximate surface area is 162 Å². The maximum Gasteiger partial charge on any atom is 0.267 e. The number of aliphatic hydroxyl groups excluding tert-OH is 1. The van der Waals surface area contributed by atoms with E-state index in [2.05, 4.69) is 25.3 Å². The molecule has 2 aromatic rings. The van der Waals surface area contributed by atoms with E-state index in [0.29, 0.717) is 18.9 Å². The Hall–Kier alpha value is -2.55. The molecule has 0 bridgehead atoms. The van der Waals surface area contributed by atoms with Crippen LogP contribution in [-0.2, 0) is 0 Å². The summed E-state index contributed by atoms with van der Waals surface area (Å²) >= 11 is 0. The molecule has 1 saturated heterocycles. The summed E-state index contributed by atoms with van der Waals surface area (Å²) in [6.07, 6.45) is 7.26. The van der Waals surface area contributed by atoms with Gasteiger partial charge in [-0.2, -0.15) is 5.10 Å². The Balaban J connectivity index is 1.52. The number of aromatic nitrogens is 4. The Morgan fingerprint density at radius 3 is 2.71 bits per heavy atom. The summed E-state index contributed by atoms with van der Waals surface area (Å²) in [5, 5.41) is 18.0. The van der Waals surface area contributed by atoms with E-state index in [0.717, 1.165) is 56.9 Å². The zero-order chi connectivity index (χ0) is 19.5. The normalized spacial score (nSPS) is 25.1. The van der Waals surface area contributed by atoms with Crippen LogP contribution < -0.4 is 15.8 Å². The van der Waals surface area contributed by atoms with Gasteiger partial charge in [-0.15, -0.1) is 0 Å². The molecule has 1 saturated carbocycles. The molecule has 8 nitrogen and oxygen atoms in total. The molecular formula is C19H25FN6O2. The lowest BCUT2D eigenvalue weighted by atomic mass is 10.0. The highest BCUT2D eigenvalue weighted by Crippen LogP contribution is 2.29. The molecule has 150 valence electrons. The van der Waals surface area contributed by atoms with E-state index >= 15 is 0 Å². The summed E-state index contributed by atoms with van der Waals surface area (Å²) in [6, 6.07) is 3.21. The second-order valence-electron chi connectivity index (χ2n) is 7.49. The molecule has 0 radical (unpaired) electrons. The van der Waals surface area contributed by atoms with Crippen LogP contribution in [0.15, 0.2) is 29.3 Å². The number of rotatable bonds is 5. The highest BCUT2D eigenvalue weighted by Gasteiger charge is 2.30. The fourth-order valence-electron chi connectivity index (χ4n) is 4.14. The van der Waals surface area contributed by atoms with E-state index in [1.165, 1.54) is 10.7 Å². The van der Waals surface area contributed by atoms with Crippen molar-refractivity contribution < 1.29 is 9.50 Å². The van der Waals surface area contributed by atoms with Crippen molar-refractivity contribution in [2.75, 3.05) is 23.3 Å². The number of halogens is 1. The molecule has 1 aliphatic carbocycles. The maximum atomic E-state index is 13.0. The predicted octanol–water partition coefficient (Wildman–Crippen LogP) is 1.73. The Morgan fingerprint density at radius 2 is 1.96 bits per heavy atom. The Morgan fingerprint density at radius 1 is 1.14 bits per heavy atom. The minimum atomic E-state index is -0.519. The van der Waals surface area contributed by atoms with Gasteiger partial charge in [-0.3, -0.25) is 4.79 Å². The molecule has 28 heavy (non-hydrogen) atoms. The van der Waals surface area contributed by atoms with E-state index in [9.17, 15) is 14.3 Å². The van der Waals surface area contributed by atoms with Gasteiger partial charge in [-0.05, 0) is 44.6 Å². The molecule has 3 unspecified atom stereocenters. The van der Waals surface area contributed by atoms with Crippen molar-refractivity contribution in [3.63, 3.8) is 0 Å². The summed E-state index contributed by atoms with van der Waals surface area (Å²) in [5.41, 5.74) is -0.180. The summed E-state index contributed by atoms with van der Waals surface area (Å²) in [6.45, 7) is 1.44. The average molecular weight is 388 g/mol. The van der Waals surface area contributed by atoms with Crippen molar-refractivity contribution in [3.05, 3.63) is 40.7 Å². The van der Waals surface area contributed by atoms with E-state index in [4.69, 9.17) is 0 Å². The standard InChI is InChI=1S/C19H25FN6O2/c20-13-10-21-19(22-11-13)23-12-14-4-1-2-9-25(14)17-7-8-18(28)26(24-17)15-5-3-6-16(15)27/h7-8,10-11,14-16,27H,1-6,9,12H2,(H,21,22,23). The minimum absolute atomic E-state index is 0.161. The topological polar surface area (TPSA) is 96.2 Å². The average Bonchev–Trinajstić information content (AvgIpc) is 3.14. The lowest BCUT2D eigenvalue weighted by Crippen LogP contribution is -2.45. The zero-order valence-corrected chi connectivity index (χ0v) is 15.7. The van der Waals surface area contributed by atoms with Crippen molar-refractivity contribution in [1.29, 1.82) is 0 Å². The van der Waals surface area contributed by atoms with Crippen LogP contribution in [-0.4, -0.2) is 50.1 Å². The number of anilines is 2. The van der Waals surface area contributed by atoms with Crippen LogP contribution in [0.5, 0.6) is 0 Å². The highest BCUT2D eigenvalue weighted by atomic mass is 19.1. The number of aliphatic hydroxyl groups is 1. The summed E-state index contributed by atoms with van der Waals surface area (Å²) in [4.78, 5) is 22.4. The van der Waals surface area contributed by atoms with Gasteiger partial charge in [0.05, 0.1) is 24.5 Å². The van der Waals surface area contributed by atoms with Crippen LogP contribution in [0.25, 0.3) is 0 Å². The van der Waals surface area contributed by atoms with Crippen LogP contribution in [0.1, 0.15) is 44.6 Å². The van der Waals surface area contributed by atoms with Gasteiger partial charge in [0.1, 0.15) is 5.82 Å². The summed E-state index contributed by atoms with van der Waals surface area (Å²) in [7, 11) is 0. The fourth-order valence-corrected chi connectivity index (χ4v) is 4.14. The number of piperidine rings is 1. The van der Waals surface area contributed by atoms with Crippen molar-refractivity contribution in [2.24, 2.45) is 0 Å². The number of hydrogen-bond acceptors (Lipinski definition) is 7. The molecule has 0 aromatic carbocycles. The second-order valence-corrected chi connectivity index (χ2v) is 7.49. The van der Waals surface area contributed by atoms with Gasteiger partial charge in [0.25, 0.3) is 5.56 Å². The third-order valence-electron chi connectivity index (χ3n) is 5.61. The van der Waals surface area contributed by atoms with Gasteiger partial charge in [0, 0.05) is 25.2 Å². The van der Waals surface area contributed by atoms with Crippen LogP contribution in [0.2, 0.25) is 0 Å². The molecule has 0 spiro atoms. The number of nitrogens with zero attached hydrogens (tertiary/aromatic N) is 5. The van der Waals surface area contributed by atoms with Gasteiger partial charge in [0.2, 0.25) is 5.95 Å². The third-order valence-corrected chi connectivity index (χ3v) is 5.61. The first-order valence-corrected chi connectivity index (χ1v) is 9.88. The molecular weight excluding hydrogens is 363 g/mol. The second kappa shape index (κ2) is 8.22. The molecule has 2 N–H and O–H groups in total. The molecule has 2 aromatic heterocycles. The molecule has 3 atom stereocenters. The predicted molar refractivity (Wildman–Crippen MR) is 103 cm³/mol. The number of hydrogen-bond donors (Lipinski definition) is 2. The maximum absolute atomic E-state index is 13.0. The minimum Gasteiger partial charge on any atom is -0.391 e. The Bertz CT molecular complexity index is 858. The quantitative estimate of drug-likeness (QED) is 0.805. The molecule has 0 amide bonds. The van der Waals surface area contributed by atoms with Crippen LogP contribution in [0, 0.1) is 5.82 Å². The highest BCUT2D eigenvalue weighted by molar-refractivity contribution is 5.40. The van der Waals surface area contributed by atoms with Gasteiger partial charge < -0.3 is 15.3 Å². The lowest BCUT2D eigenvalue weighted by Gasteiger charge is -2.37. The zero-order valence-electron chi connectivity index (χ0n) is 15.7. The third kappa shape index (κ3) is 3.99. The summed E-state index contributed by atoms with van der Waals surface area (Å²) in [5.74, 6) is 0.662. The van der Waals surface area contributed by atoms with Gasteiger partial charge >= 0.3 is 0 Å². The van der Waals surface area contributed by atoms with Gasteiger partial charge in [-0.1, -0.05) is 0 Å². The smallest absolute Gasteiger partial charge is 0.267 e. The van der Waals surface area contributed by atoms with Gasteiger partial charge in [-0.25, -0.2) is 19.0 Å². The lowest BCUT2D eigenvalue weighted by molar-refractivity contribution is 0.127. The van der Waals surface area contributed by atoms with Crippen molar-refractivity contribution >= 4 is 11.8 Å². The largest absolute Gasteiger partial charge is 0.391 e. The first-order chi connectivity index (χ1) is 13.6. The molecule has 9 heteroatoms. The van der Waals surface area contributed by atoms with E-state index < -0.39 is 11.9 Å². The molecule has 3 heterocycles. The molecule has 2 aliphatic rings. The number of nitrogens with one attached hydrogen (secondary N) is 1. The monoisotopic (exact) mass is 388 g/mol. The molecule has 1 aliphatic heterocycles. The summed E-state index contributed by atoms with van der Waals surface area (Å²) < 4.78 is 14.4. The fraction of sp³-hybridized carbons (Fsp3) is 0.579. The Kier molecular flexibility index (Phi) is 5.52. The van der Waals surface area contributed by atoms with Crippen LogP contribution >= 0.6 is 0 Å². The van der Waals surface area contributed by atoms with Gasteiger partial charge in [0.15, 0.2) is 5.82 Å². The van der Waals surface area contributed by atoms with Crippen molar-refractivity contribution in [3.8, 4) is 0 Å². The SMILES string of the molecule is O=c1ccc(N2CCCCC2CNc2ncc(F)cn2)nn1C1CCCC1O.